The van der Waals surface area contributed by atoms with Gasteiger partial charge in [0.1, 0.15) is 17.5 Å². The average molecular weight is 399 g/mol. The van der Waals surface area contributed by atoms with Crippen LogP contribution in [0.3, 0.4) is 0 Å². The van der Waals surface area contributed by atoms with Crippen LogP contribution in [0.2, 0.25) is 0 Å². The highest BCUT2D eigenvalue weighted by Crippen LogP contribution is 2.36. The Bertz CT molecular complexity index is 1140. The summed E-state index contributed by atoms with van der Waals surface area (Å²) in [6.07, 6.45) is 8.47. The molecule has 0 radical (unpaired) electrons. The second-order valence-corrected chi connectivity index (χ2v) is 9.22. The van der Waals surface area contributed by atoms with Crippen molar-refractivity contribution in [3.8, 4) is 17.3 Å². The van der Waals surface area contributed by atoms with Crippen molar-refractivity contribution >= 4 is 21.1 Å². The Balaban J connectivity index is 1.61. The minimum atomic E-state index is -3.29. The van der Waals surface area contributed by atoms with Gasteiger partial charge in [0.2, 0.25) is 10.0 Å². The molecule has 1 aliphatic heterocycles. The molecule has 0 amide bonds. The van der Waals surface area contributed by atoms with Crippen molar-refractivity contribution in [3.63, 3.8) is 0 Å². The topological polar surface area (TPSA) is 121 Å². The van der Waals surface area contributed by atoms with Crippen molar-refractivity contribution in [2.24, 2.45) is 0 Å². The third kappa shape index (κ3) is 3.06. The van der Waals surface area contributed by atoms with Gasteiger partial charge < -0.3 is 4.98 Å². The molecule has 3 aromatic rings. The van der Waals surface area contributed by atoms with Gasteiger partial charge in [-0.1, -0.05) is 13.3 Å². The smallest absolute Gasteiger partial charge is 0.214 e. The van der Waals surface area contributed by atoms with E-state index in [1.165, 1.54) is 10.6 Å². The van der Waals surface area contributed by atoms with Crippen LogP contribution in [-0.4, -0.2) is 56.3 Å². The lowest BCUT2D eigenvalue weighted by Crippen LogP contribution is -2.64. The third-order valence-corrected chi connectivity index (χ3v) is 7.04. The van der Waals surface area contributed by atoms with Crippen LogP contribution in [0.1, 0.15) is 26.2 Å². The number of aromatic amines is 1. The van der Waals surface area contributed by atoms with Crippen molar-refractivity contribution in [3.05, 3.63) is 31.0 Å². The molecule has 0 aliphatic carbocycles. The zero-order chi connectivity index (χ0) is 19.8. The first-order valence-corrected chi connectivity index (χ1v) is 10.8. The van der Waals surface area contributed by atoms with Crippen molar-refractivity contribution < 1.29 is 8.42 Å². The van der Waals surface area contributed by atoms with Gasteiger partial charge in [0.15, 0.2) is 0 Å². The van der Waals surface area contributed by atoms with Gasteiger partial charge in [-0.05, 0) is 12.5 Å². The molecule has 3 aromatic heterocycles. The average Bonchev–Trinajstić information content (AvgIpc) is 3.31. The van der Waals surface area contributed by atoms with Gasteiger partial charge in [-0.15, -0.1) is 0 Å². The van der Waals surface area contributed by atoms with E-state index < -0.39 is 15.6 Å². The third-order valence-electron chi connectivity index (χ3n) is 5.19. The maximum atomic E-state index is 12.4. The van der Waals surface area contributed by atoms with Crippen LogP contribution in [0.15, 0.2) is 31.0 Å². The molecule has 1 aliphatic rings. The first-order valence-electron chi connectivity index (χ1n) is 9.17. The number of nitrogens with zero attached hydrogens (tertiary/aromatic N) is 6. The largest absolute Gasteiger partial charge is 0.346 e. The molecule has 28 heavy (non-hydrogen) atoms. The van der Waals surface area contributed by atoms with Crippen LogP contribution in [0.25, 0.3) is 22.3 Å². The van der Waals surface area contributed by atoms with Crippen LogP contribution in [0, 0.1) is 11.3 Å². The van der Waals surface area contributed by atoms with E-state index in [1.54, 1.807) is 17.1 Å². The van der Waals surface area contributed by atoms with Gasteiger partial charge in [0.25, 0.3) is 0 Å². The molecule has 0 atom stereocenters. The molecule has 0 saturated carbocycles. The predicted octanol–water partition coefficient (Wildman–Crippen LogP) is 1.88. The van der Waals surface area contributed by atoms with Crippen molar-refractivity contribution in [1.82, 2.24) is 29.0 Å². The Labute approximate surface area is 163 Å². The summed E-state index contributed by atoms with van der Waals surface area (Å²) in [5.74, 6) is 0.142. The Kier molecular flexibility index (Phi) is 4.64. The van der Waals surface area contributed by atoms with Gasteiger partial charge in [-0.2, -0.15) is 14.7 Å². The van der Waals surface area contributed by atoms with E-state index in [9.17, 15) is 13.7 Å². The molecule has 0 spiro atoms. The molecule has 4 heterocycles. The van der Waals surface area contributed by atoms with E-state index >= 15 is 0 Å². The number of fused-ring (bicyclic) bond motifs is 1. The fourth-order valence-corrected chi connectivity index (χ4v) is 5.34. The van der Waals surface area contributed by atoms with Gasteiger partial charge in [0.05, 0.1) is 30.1 Å². The molecule has 1 saturated heterocycles. The Morgan fingerprint density at radius 1 is 1.36 bits per heavy atom. The Morgan fingerprint density at radius 2 is 2.18 bits per heavy atom. The van der Waals surface area contributed by atoms with Gasteiger partial charge in [0, 0.05) is 36.4 Å². The molecule has 4 rings (SSSR count). The molecule has 146 valence electrons. The number of hydrogen-bond acceptors (Lipinski definition) is 6. The number of nitrogens with one attached hydrogen (secondary N) is 1. The van der Waals surface area contributed by atoms with E-state index in [1.807, 2.05) is 19.2 Å². The number of sulfonamides is 1. The highest BCUT2D eigenvalue weighted by atomic mass is 32.2. The normalized spacial score (nSPS) is 16.7. The zero-order valence-electron chi connectivity index (χ0n) is 15.5. The van der Waals surface area contributed by atoms with Crippen molar-refractivity contribution in [1.29, 1.82) is 5.26 Å². The summed E-state index contributed by atoms with van der Waals surface area (Å²) in [7, 11) is -3.29. The lowest BCUT2D eigenvalue weighted by Gasteiger charge is -2.47. The first kappa shape index (κ1) is 18.6. The minimum absolute atomic E-state index is 0.142. The van der Waals surface area contributed by atoms with E-state index in [0.717, 1.165) is 28.7 Å². The molecule has 0 bridgehead atoms. The summed E-state index contributed by atoms with van der Waals surface area (Å²) in [4.78, 5) is 11.6. The maximum Gasteiger partial charge on any atom is 0.214 e. The summed E-state index contributed by atoms with van der Waals surface area (Å²) in [6.45, 7) is 2.49. The summed E-state index contributed by atoms with van der Waals surface area (Å²) in [5.41, 5.74) is 1.64. The monoisotopic (exact) mass is 399 g/mol. The second kappa shape index (κ2) is 7.00. The van der Waals surface area contributed by atoms with Gasteiger partial charge in [-0.25, -0.2) is 18.4 Å². The second-order valence-electron chi connectivity index (χ2n) is 7.13. The molecule has 1 N–H and O–H groups in total. The van der Waals surface area contributed by atoms with E-state index in [0.29, 0.717) is 6.42 Å². The van der Waals surface area contributed by atoms with Crippen molar-refractivity contribution in [2.45, 2.75) is 31.7 Å². The fraction of sp³-hybridized carbons (Fsp3) is 0.444. The SMILES string of the molecule is CCCCS(=O)(=O)N1CC(CC#N)(n2cc(-c3ncnc4[nH]ccc34)cn2)C1. The van der Waals surface area contributed by atoms with Gasteiger partial charge >= 0.3 is 0 Å². The fourth-order valence-electron chi connectivity index (χ4n) is 3.55. The van der Waals surface area contributed by atoms with Crippen LogP contribution in [0.5, 0.6) is 0 Å². The standard InChI is InChI=1S/C18H21N7O2S/c1-2-3-8-28(26,27)24-11-18(12-24,5-6-19)25-10-14(9-23-25)16-15-4-7-20-17(15)22-13-21-16/h4,7,9-10,13H,2-3,5,8,11-12H2,1H3,(H,20,21,22). The summed E-state index contributed by atoms with van der Waals surface area (Å²) in [6, 6.07) is 4.09. The number of hydrogen-bond donors (Lipinski definition) is 1. The highest BCUT2D eigenvalue weighted by Gasteiger charge is 2.50. The Morgan fingerprint density at radius 3 is 2.93 bits per heavy atom. The van der Waals surface area contributed by atoms with E-state index in [2.05, 4.69) is 26.1 Å². The van der Waals surface area contributed by atoms with E-state index in [4.69, 9.17) is 0 Å². The number of unbranched alkanes of at least 4 members (excludes halogenated alkanes) is 1. The molecular weight excluding hydrogens is 378 g/mol. The lowest BCUT2D eigenvalue weighted by atomic mass is 9.89. The summed E-state index contributed by atoms with van der Waals surface area (Å²) >= 11 is 0. The predicted molar refractivity (Wildman–Crippen MR) is 104 cm³/mol. The molecule has 10 heteroatoms. The van der Waals surface area contributed by atoms with Crippen LogP contribution in [0.4, 0.5) is 0 Å². The molecule has 0 aromatic carbocycles. The maximum absolute atomic E-state index is 12.4. The minimum Gasteiger partial charge on any atom is -0.346 e. The van der Waals surface area contributed by atoms with Crippen molar-refractivity contribution in [2.75, 3.05) is 18.8 Å². The van der Waals surface area contributed by atoms with Crippen LogP contribution < -0.4 is 0 Å². The summed E-state index contributed by atoms with van der Waals surface area (Å²) < 4.78 is 28.0. The molecule has 0 unspecified atom stereocenters. The number of rotatable bonds is 7. The lowest BCUT2D eigenvalue weighted by molar-refractivity contribution is 0.0717. The first-order chi connectivity index (χ1) is 13.5. The van der Waals surface area contributed by atoms with Gasteiger partial charge in [-0.3, -0.25) is 4.68 Å². The number of aromatic nitrogens is 5. The summed E-state index contributed by atoms with van der Waals surface area (Å²) in [5, 5.41) is 14.6. The highest BCUT2D eigenvalue weighted by molar-refractivity contribution is 7.89. The molecule has 9 nitrogen and oxygen atoms in total. The molecular formula is C18H21N7O2S. The van der Waals surface area contributed by atoms with Crippen LogP contribution >= 0.6 is 0 Å². The number of nitriles is 1. The zero-order valence-corrected chi connectivity index (χ0v) is 16.4. The van der Waals surface area contributed by atoms with Crippen LogP contribution in [-0.2, 0) is 15.6 Å². The Hall–Kier alpha value is -2.77. The quantitative estimate of drug-likeness (QED) is 0.647. The molecule has 1 fully saturated rings. The number of H-pyrrole nitrogens is 1. The van der Waals surface area contributed by atoms with E-state index in [-0.39, 0.29) is 25.3 Å².